The average molecular weight is 618 g/mol. The van der Waals surface area contributed by atoms with Crippen LogP contribution >= 0.6 is 0 Å². The summed E-state index contributed by atoms with van der Waals surface area (Å²) in [4.78, 5) is 18.6. The molecule has 238 valence electrons. The molecule has 0 amide bonds. The fraction of sp³-hybridized carbons (Fsp3) is 0.514. The topological polar surface area (TPSA) is 94.8 Å². The van der Waals surface area contributed by atoms with Gasteiger partial charge in [-0.15, -0.1) is 0 Å². The number of ether oxygens (including phenoxy) is 1. The van der Waals surface area contributed by atoms with Gasteiger partial charge in [-0.3, -0.25) is 9.88 Å². The number of anilines is 1. The molecule has 0 radical (unpaired) electrons. The number of hydrogen-bond acceptors (Lipinski definition) is 8. The molecule has 3 atom stereocenters. The van der Waals surface area contributed by atoms with Crippen LogP contribution < -0.4 is 9.64 Å². The van der Waals surface area contributed by atoms with E-state index < -0.39 is 17.2 Å². The van der Waals surface area contributed by atoms with E-state index >= 15 is 4.39 Å². The molecule has 5 heterocycles. The van der Waals surface area contributed by atoms with Gasteiger partial charge in [0, 0.05) is 24.8 Å². The number of halogens is 2. The second-order valence-corrected chi connectivity index (χ2v) is 13.9. The molecule has 2 aromatic heterocycles. The summed E-state index contributed by atoms with van der Waals surface area (Å²) < 4.78 is 38.2. The van der Waals surface area contributed by atoms with Gasteiger partial charge in [0.2, 0.25) is 0 Å². The Bertz CT molecular complexity index is 1790. The fourth-order valence-electron chi connectivity index (χ4n) is 8.30. The van der Waals surface area contributed by atoms with Crippen LogP contribution in [0.2, 0.25) is 0 Å². The lowest BCUT2D eigenvalue weighted by atomic mass is 9.92. The minimum absolute atomic E-state index is 0.0351. The summed E-state index contributed by atoms with van der Waals surface area (Å²) in [6, 6.07) is 5.76. The number of aryl methyl sites for hydroxylation is 1. The molecule has 0 bridgehead atoms. The van der Waals surface area contributed by atoms with Crippen LogP contribution in [-0.2, 0) is 6.42 Å². The summed E-state index contributed by atoms with van der Waals surface area (Å²) in [7, 11) is 0. The standard InChI is InChI=1S/C35H41F2N5O3/c1-5-23-26(36)10-9-21-14-22(43)15-24(28(21)23)30-29(37)31-25(17-38-30)32(42-13-6-8-27(42)34(3,4)44)40-33(39-31)45-19-35-11-7-12-41(35)18-20(2)16-35/h9-10,14-15,17,20,27,43-44H,5-8,11-13,16,18-19H2,1-4H3/t20-,27+,35+/m1/s1. The van der Waals surface area contributed by atoms with Crippen molar-refractivity contribution in [3.8, 4) is 23.0 Å². The van der Waals surface area contributed by atoms with Gasteiger partial charge in [-0.2, -0.15) is 9.97 Å². The first-order valence-electron chi connectivity index (χ1n) is 16.2. The number of pyridine rings is 1. The molecule has 10 heteroatoms. The highest BCUT2D eigenvalue weighted by Gasteiger charge is 2.48. The number of aromatic nitrogens is 3. The average Bonchev–Trinajstić information content (AvgIpc) is 3.71. The van der Waals surface area contributed by atoms with E-state index in [4.69, 9.17) is 9.72 Å². The van der Waals surface area contributed by atoms with Crippen LogP contribution in [0.25, 0.3) is 32.9 Å². The summed E-state index contributed by atoms with van der Waals surface area (Å²) in [5.74, 6) is -0.129. The van der Waals surface area contributed by atoms with Crippen molar-refractivity contribution >= 4 is 27.5 Å². The lowest BCUT2D eigenvalue weighted by molar-refractivity contribution is 0.0532. The van der Waals surface area contributed by atoms with E-state index in [1.807, 2.05) is 11.8 Å². The second kappa shape index (κ2) is 11.0. The highest BCUT2D eigenvalue weighted by atomic mass is 19.1. The van der Waals surface area contributed by atoms with E-state index in [1.165, 1.54) is 12.1 Å². The Hall–Kier alpha value is -3.63. The lowest BCUT2D eigenvalue weighted by Gasteiger charge is -2.35. The first kappa shape index (κ1) is 30.0. The van der Waals surface area contributed by atoms with Crippen LogP contribution in [0.5, 0.6) is 11.8 Å². The van der Waals surface area contributed by atoms with E-state index in [9.17, 15) is 14.6 Å². The molecule has 3 saturated heterocycles. The minimum atomic E-state index is -1.02. The molecule has 3 aliphatic rings. The number of aromatic hydroxyl groups is 1. The maximum Gasteiger partial charge on any atom is 0.319 e. The Morgan fingerprint density at radius 2 is 1.96 bits per heavy atom. The van der Waals surface area contributed by atoms with Crippen molar-refractivity contribution in [3.63, 3.8) is 0 Å². The van der Waals surface area contributed by atoms with Crippen molar-refractivity contribution in [2.24, 2.45) is 5.92 Å². The number of nitrogens with zero attached hydrogens (tertiary/aromatic N) is 5. The Morgan fingerprint density at radius 1 is 1.13 bits per heavy atom. The van der Waals surface area contributed by atoms with Gasteiger partial charge in [0.1, 0.15) is 35.2 Å². The third kappa shape index (κ3) is 5.06. The predicted molar refractivity (Wildman–Crippen MR) is 171 cm³/mol. The van der Waals surface area contributed by atoms with Gasteiger partial charge in [0.15, 0.2) is 5.82 Å². The highest BCUT2D eigenvalue weighted by Crippen LogP contribution is 2.43. The molecule has 3 aliphatic heterocycles. The predicted octanol–water partition coefficient (Wildman–Crippen LogP) is 6.38. The number of phenolic OH excluding ortho intramolecular Hbond substituents is 1. The zero-order valence-corrected chi connectivity index (χ0v) is 26.4. The molecule has 7 rings (SSSR count). The van der Waals surface area contributed by atoms with Crippen molar-refractivity contribution < 1.29 is 23.7 Å². The molecule has 2 N–H and O–H groups in total. The lowest BCUT2D eigenvalue weighted by Crippen LogP contribution is -2.46. The van der Waals surface area contributed by atoms with Crippen molar-refractivity contribution in [1.82, 2.24) is 19.9 Å². The summed E-state index contributed by atoms with van der Waals surface area (Å²) in [6.45, 7) is 10.8. The maximum atomic E-state index is 16.9. The highest BCUT2D eigenvalue weighted by molar-refractivity contribution is 6.01. The summed E-state index contributed by atoms with van der Waals surface area (Å²) in [6.07, 6.45) is 6.71. The van der Waals surface area contributed by atoms with Gasteiger partial charge in [0.05, 0.1) is 22.6 Å². The molecule has 4 aromatic rings. The molecule has 0 aliphatic carbocycles. The van der Waals surface area contributed by atoms with Crippen LogP contribution in [0.4, 0.5) is 14.6 Å². The molecule has 3 fully saturated rings. The van der Waals surface area contributed by atoms with E-state index in [0.29, 0.717) is 58.6 Å². The normalized spacial score (nSPS) is 23.8. The van der Waals surface area contributed by atoms with Gasteiger partial charge < -0.3 is 19.8 Å². The number of aliphatic hydroxyl groups is 1. The van der Waals surface area contributed by atoms with Crippen molar-refractivity contribution in [2.75, 3.05) is 31.1 Å². The largest absolute Gasteiger partial charge is 0.508 e. The van der Waals surface area contributed by atoms with Gasteiger partial charge in [-0.05, 0) is 99.4 Å². The van der Waals surface area contributed by atoms with Gasteiger partial charge >= 0.3 is 6.01 Å². The molecule has 0 unspecified atom stereocenters. The van der Waals surface area contributed by atoms with Gasteiger partial charge in [-0.1, -0.05) is 19.9 Å². The third-order valence-corrected chi connectivity index (χ3v) is 10.2. The van der Waals surface area contributed by atoms with E-state index in [1.54, 1.807) is 32.2 Å². The number of hydrogen-bond donors (Lipinski definition) is 2. The molecule has 0 saturated carbocycles. The summed E-state index contributed by atoms with van der Waals surface area (Å²) in [5, 5.41) is 23.1. The van der Waals surface area contributed by atoms with E-state index in [0.717, 1.165) is 45.2 Å². The number of benzene rings is 2. The number of rotatable bonds is 7. The first-order valence-corrected chi connectivity index (χ1v) is 16.2. The minimum Gasteiger partial charge on any atom is -0.508 e. The van der Waals surface area contributed by atoms with E-state index in [2.05, 4.69) is 21.8 Å². The summed E-state index contributed by atoms with van der Waals surface area (Å²) in [5.41, 5.74) is -0.389. The first-order chi connectivity index (χ1) is 21.5. The fourth-order valence-corrected chi connectivity index (χ4v) is 8.30. The molecular formula is C35H41F2N5O3. The molecule has 45 heavy (non-hydrogen) atoms. The Balaban J connectivity index is 1.40. The van der Waals surface area contributed by atoms with Crippen LogP contribution in [-0.4, -0.2) is 73.5 Å². The smallest absolute Gasteiger partial charge is 0.319 e. The SMILES string of the molecule is CCc1c(F)ccc2cc(O)cc(-c3ncc4c(N5CCC[C@H]5C(C)(C)O)nc(OC[C@@]56CCCN5C[C@H](C)C6)nc4c3F)c12. The monoisotopic (exact) mass is 617 g/mol. The summed E-state index contributed by atoms with van der Waals surface area (Å²) >= 11 is 0. The Morgan fingerprint density at radius 3 is 2.73 bits per heavy atom. The Labute approximate surface area is 262 Å². The molecule has 2 aromatic carbocycles. The maximum absolute atomic E-state index is 16.9. The van der Waals surface area contributed by atoms with Crippen molar-refractivity contribution in [2.45, 2.75) is 83.4 Å². The zero-order chi connectivity index (χ0) is 31.7. The van der Waals surface area contributed by atoms with Crippen LogP contribution in [0.3, 0.4) is 0 Å². The Kier molecular flexibility index (Phi) is 7.35. The molecular weight excluding hydrogens is 576 g/mol. The van der Waals surface area contributed by atoms with Crippen molar-refractivity contribution in [3.05, 3.63) is 47.7 Å². The number of phenols is 1. The van der Waals surface area contributed by atoms with Gasteiger partial charge in [0.25, 0.3) is 0 Å². The quantitative estimate of drug-likeness (QED) is 0.247. The zero-order valence-electron chi connectivity index (χ0n) is 26.4. The molecule has 8 nitrogen and oxygen atoms in total. The van der Waals surface area contributed by atoms with E-state index in [-0.39, 0.29) is 34.6 Å². The van der Waals surface area contributed by atoms with Gasteiger partial charge in [-0.25, -0.2) is 8.78 Å². The molecule has 0 spiro atoms. The van der Waals surface area contributed by atoms with Crippen molar-refractivity contribution in [1.29, 1.82) is 0 Å². The van der Waals surface area contributed by atoms with Crippen LogP contribution in [0.1, 0.15) is 65.4 Å². The second-order valence-electron chi connectivity index (χ2n) is 13.9. The van der Waals surface area contributed by atoms with Crippen LogP contribution in [0.15, 0.2) is 30.5 Å². The van der Waals surface area contributed by atoms with Crippen LogP contribution in [0, 0.1) is 17.6 Å². The third-order valence-electron chi connectivity index (χ3n) is 10.2. The number of fused-ring (bicyclic) bond motifs is 3.